The molecule has 7 heteroatoms. The van der Waals surface area contributed by atoms with Gasteiger partial charge in [0.15, 0.2) is 0 Å². The number of carbonyl (C=O) groups excluding carboxylic acids is 1. The smallest absolute Gasteiger partial charge is 0.303 e. The molecular formula is C31H28F2N2O3. The number of carbonyl (C=O) groups is 2. The van der Waals surface area contributed by atoms with Gasteiger partial charge in [0.2, 0.25) is 0 Å². The van der Waals surface area contributed by atoms with Gasteiger partial charge in [-0.1, -0.05) is 6.07 Å². The van der Waals surface area contributed by atoms with E-state index in [2.05, 4.69) is 5.32 Å². The van der Waals surface area contributed by atoms with Gasteiger partial charge in [-0.3, -0.25) is 9.59 Å². The highest BCUT2D eigenvalue weighted by Crippen LogP contribution is 2.31. The molecule has 0 saturated carbocycles. The Kier molecular flexibility index (Phi) is 7.45. The summed E-state index contributed by atoms with van der Waals surface area (Å²) in [5.41, 5.74) is 5.46. The first kappa shape index (κ1) is 25.5. The Morgan fingerprint density at radius 2 is 1.74 bits per heavy atom. The zero-order chi connectivity index (χ0) is 26.6. The number of benzene rings is 3. The fourth-order valence-electron chi connectivity index (χ4n) is 5.16. The Morgan fingerprint density at radius 3 is 2.53 bits per heavy atom. The van der Waals surface area contributed by atoms with E-state index in [0.717, 1.165) is 46.9 Å². The molecule has 2 N–H and O–H groups in total. The molecule has 0 saturated heterocycles. The third-order valence-corrected chi connectivity index (χ3v) is 7.09. The zero-order valence-corrected chi connectivity index (χ0v) is 20.8. The van der Waals surface area contributed by atoms with E-state index in [1.165, 1.54) is 24.3 Å². The van der Waals surface area contributed by atoms with Gasteiger partial charge in [0.25, 0.3) is 5.91 Å². The number of unbranched alkanes of at least 4 members (excludes halogenated alkanes) is 1. The number of amides is 1. The van der Waals surface area contributed by atoms with Gasteiger partial charge in [-0.05, 0) is 116 Å². The highest BCUT2D eigenvalue weighted by molar-refractivity contribution is 5.98. The van der Waals surface area contributed by atoms with Crippen molar-refractivity contribution in [3.05, 3.63) is 101 Å². The topological polar surface area (TPSA) is 79.3 Å². The predicted molar refractivity (Wildman–Crippen MR) is 142 cm³/mol. The molecule has 0 fully saturated rings. The Hall–Kier alpha value is -4.13. The summed E-state index contributed by atoms with van der Waals surface area (Å²) in [6, 6.07) is 17.9. The number of carboxylic acid groups (broad SMARTS) is 1. The van der Waals surface area contributed by atoms with E-state index in [4.69, 9.17) is 10.1 Å². The van der Waals surface area contributed by atoms with Crippen LogP contribution in [0.4, 0.5) is 8.78 Å². The van der Waals surface area contributed by atoms with Crippen molar-refractivity contribution in [2.24, 2.45) is 0 Å². The van der Waals surface area contributed by atoms with Gasteiger partial charge < -0.3 is 10.4 Å². The number of aliphatic carboxylic acids is 1. The third kappa shape index (κ3) is 5.72. The number of rotatable bonds is 8. The van der Waals surface area contributed by atoms with Crippen LogP contribution < -0.4 is 5.32 Å². The van der Waals surface area contributed by atoms with Crippen LogP contribution in [0.1, 0.15) is 65.2 Å². The SMILES string of the molecule is O=C(O)CCCCc1cc2cc(C(=O)N[C@@H]3CCCc4ccc(F)cc43)ccc2nc1-c1ccc(F)cc1. The van der Waals surface area contributed by atoms with E-state index in [1.807, 2.05) is 6.07 Å². The zero-order valence-electron chi connectivity index (χ0n) is 20.8. The summed E-state index contributed by atoms with van der Waals surface area (Å²) >= 11 is 0. The molecule has 4 aromatic rings. The van der Waals surface area contributed by atoms with Crippen LogP contribution in [0.3, 0.4) is 0 Å². The predicted octanol–water partition coefficient (Wildman–Crippen LogP) is 6.78. The minimum absolute atomic E-state index is 0.0887. The Bertz CT molecular complexity index is 1500. The van der Waals surface area contributed by atoms with Crippen LogP contribution in [0, 0.1) is 11.6 Å². The summed E-state index contributed by atoms with van der Waals surface area (Å²) in [5, 5.41) is 12.8. The van der Waals surface area contributed by atoms with Gasteiger partial charge in [-0.25, -0.2) is 13.8 Å². The first-order chi connectivity index (χ1) is 18.4. The average Bonchev–Trinajstić information content (AvgIpc) is 2.91. The second-order valence-electron chi connectivity index (χ2n) is 9.77. The molecule has 194 valence electrons. The van der Waals surface area contributed by atoms with Crippen molar-refractivity contribution in [2.45, 2.75) is 51.0 Å². The van der Waals surface area contributed by atoms with Crippen molar-refractivity contribution in [1.29, 1.82) is 0 Å². The van der Waals surface area contributed by atoms with E-state index < -0.39 is 5.97 Å². The van der Waals surface area contributed by atoms with Gasteiger partial charge in [0.05, 0.1) is 17.3 Å². The lowest BCUT2D eigenvalue weighted by Gasteiger charge is -2.26. The number of hydrogen-bond donors (Lipinski definition) is 2. The van der Waals surface area contributed by atoms with Crippen LogP contribution in [0.5, 0.6) is 0 Å². The Morgan fingerprint density at radius 1 is 0.947 bits per heavy atom. The molecular weight excluding hydrogens is 486 g/mol. The van der Waals surface area contributed by atoms with Crippen molar-refractivity contribution in [3.8, 4) is 11.3 Å². The number of nitrogens with one attached hydrogen (secondary N) is 1. The molecule has 0 radical (unpaired) electrons. The number of fused-ring (bicyclic) bond motifs is 2. The van der Waals surface area contributed by atoms with Crippen molar-refractivity contribution >= 4 is 22.8 Å². The minimum Gasteiger partial charge on any atom is -0.481 e. The maximum absolute atomic E-state index is 13.9. The number of nitrogens with zero attached hydrogens (tertiary/aromatic N) is 1. The molecule has 1 aliphatic rings. The molecule has 0 bridgehead atoms. The fourth-order valence-corrected chi connectivity index (χ4v) is 5.16. The Labute approximate surface area is 219 Å². The van der Waals surface area contributed by atoms with Crippen LogP contribution in [0.25, 0.3) is 22.2 Å². The number of hydrogen-bond acceptors (Lipinski definition) is 3. The first-order valence-corrected chi connectivity index (χ1v) is 12.9. The van der Waals surface area contributed by atoms with Crippen molar-refractivity contribution in [1.82, 2.24) is 10.3 Å². The third-order valence-electron chi connectivity index (χ3n) is 7.09. The second kappa shape index (κ2) is 11.1. The Balaban J connectivity index is 1.43. The number of carboxylic acids is 1. The summed E-state index contributed by atoms with van der Waals surface area (Å²) < 4.78 is 27.4. The molecule has 3 aromatic carbocycles. The average molecular weight is 515 g/mol. The summed E-state index contributed by atoms with van der Waals surface area (Å²) in [6.45, 7) is 0. The summed E-state index contributed by atoms with van der Waals surface area (Å²) in [6.07, 6.45) is 4.42. The standard InChI is InChI=1S/C31H28F2N2O3/c32-24-12-9-20(10-13-24)30-21(4-1-2-7-29(36)37)16-23-17-22(11-15-27(23)34-30)31(38)35-28-6-3-5-19-8-14-25(33)18-26(19)28/h8-18,28H,1-7H2,(H,35,38)(H,36,37)/t28-/m1/s1. The van der Waals surface area contributed by atoms with Gasteiger partial charge >= 0.3 is 5.97 Å². The molecule has 0 spiro atoms. The molecule has 0 aliphatic heterocycles. The number of aromatic nitrogens is 1. The largest absolute Gasteiger partial charge is 0.481 e. The molecule has 38 heavy (non-hydrogen) atoms. The van der Waals surface area contributed by atoms with Crippen LogP contribution in [-0.2, 0) is 17.6 Å². The summed E-state index contributed by atoms with van der Waals surface area (Å²) in [4.78, 5) is 29.0. The van der Waals surface area contributed by atoms with Crippen molar-refractivity contribution in [2.75, 3.05) is 0 Å². The lowest BCUT2D eigenvalue weighted by Crippen LogP contribution is -2.31. The maximum atomic E-state index is 13.9. The van der Waals surface area contributed by atoms with Crippen molar-refractivity contribution < 1.29 is 23.5 Å². The van der Waals surface area contributed by atoms with E-state index in [1.54, 1.807) is 36.4 Å². The lowest BCUT2D eigenvalue weighted by atomic mass is 9.87. The molecule has 5 nitrogen and oxygen atoms in total. The molecule has 1 atom stereocenters. The van der Waals surface area contributed by atoms with E-state index in [9.17, 15) is 18.4 Å². The second-order valence-corrected chi connectivity index (χ2v) is 9.77. The van der Waals surface area contributed by atoms with Crippen LogP contribution >= 0.6 is 0 Å². The number of halogens is 2. The van der Waals surface area contributed by atoms with Gasteiger partial charge in [-0.15, -0.1) is 0 Å². The summed E-state index contributed by atoms with van der Waals surface area (Å²) in [7, 11) is 0. The molecule has 1 aliphatic carbocycles. The normalized spacial score (nSPS) is 14.7. The molecule has 5 rings (SSSR count). The van der Waals surface area contributed by atoms with Crippen LogP contribution in [-0.4, -0.2) is 22.0 Å². The number of aryl methyl sites for hydroxylation is 2. The van der Waals surface area contributed by atoms with Crippen molar-refractivity contribution in [3.63, 3.8) is 0 Å². The highest BCUT2D eigenvalue weighted by atomic mass is 19.1. The fraction of sp³-hybridized carbons (Fsp3) is 0.258. The maximum Gasteiger partial charge on any atom is 0.303 e. The van der Waals surface area contributed by atoms with Gasteiger partial charge in [0.1, 0.15) is 11.6 Å². The van der Waals surface area contributed by atoms with Crippen LogP contribution in [0.2, 0.25) is 0 Å². The van der Waals surface area contributed by atoms with Gasteiger partial charge in [-0.2, -0.15) is 0 Å². The monoisotopic (exact) mass is 514 g/mol. The van der Waals surface area contributed by atoms with Gasteiger partial charge in [0, 0.05) is 22.9 Å². The minimum atomic E-state index is -0.834. The molecule has 1 aromatic heterocycles. The number of pyridine rings is 1. The summed E-state index contributed by atoms with van der Waals surface area (Å²) in [5.74, 6) is -1.72. The first-order valence-electron chi connectivity index (χ1n) is 12.9. The lowest BCUT2D eigenvalue weighted by molar-refractivity contribution is -0.137. The highest BCUT2D eigenvalue weighted by Gasteiger charge is 2.23. The molecule has 1 heterocycles. The molecule has 0 unspecified atom stereocenters. The quantitative estimate of drug-likeness (QED) is 0.254. The van der Waals surface area contributed by atoms with E-state index in [-0.39, 0.29) is 30.0 Å². The van der Waals surface area contributed by atoms with E-state index >= 15 is 0 Å². The van der Waals surface area contributed by atoms with E-state index in [0.29, 0.717) is 36.0 Å². The molecule has 1 amide bonds. The van der Waals surface area contributed by atoms with Crippen LogP contribution in [0.15, 0.2) is 66.7 Å².